The van der Waals surface area contributed by atoms with Crippen LogP contribution in [0.1, 0.15) is 31.2 Å². The zero-order chi connectivity index (χ0) is 20.3. The lowest BCUT2D eigenvalue weighted by molar-refractivity contribution is 0.340. The minimum atomic E-state index is -3.31. The van der Waals surface area contributed by atoms with Crippen molar-refractivity contribution < 1.29 is 8.42 Å². The predicted molar refractivity (Wildman–Crippen MR) is 113 cm³/mol. The van der Waals surface area contributed by atoms with Crippen LogP contribution in [-0.2, 0) is 16.6 Å². The Bertz CT molecular complexity index is 1050. The molecule has 3 heterocycles. The van der Waals surface area contributed by atoms with E-state index in [0.717, 1.165) is 48.1 Å². The highest BCUT2D eigenvalue weighted by molar-refractivity contribution is 7.89. The van der Waals surface area contributed by atoms with E-state index in [1.807, 2.05) is 18.3 Å². The molecule has 1 aliphatic carbocycles. The number of hydrogen-bond acceptors (Lipinski definition) is 6. The maximum absolute atomic E-state index is 12.5. The number of H-pyrrole nitrogens is 1. The van der Waals surface area contributed by atoms with Gasteiger partial charge in [-0.3, -0.25) is 4.98 Å². The molecule has 0 amide bonds. The summed E-state index contributed by atoms with van der Waals surface area (Å²) >= 11 is 0. The molecule has 29 heavy (non-hydrogen) atoms. The summed E-state index contributed by atoms with van der Waals surface area (Å²) < 4.78 is 27.6. The number of aromatic nitrogens is 4. The summed E-state index contributed by atoms with van der Waals surface area (Å²) in [5.74, 6) is 1.29. The SMILES string of the molecule is CN(c1ncnc2[nH]ccc12)[C@H]1CC[C@H](CS(=O)(=O)NCc2cccnc2)CC1. The van der Waals surface area contributed by atoms with Crippen LogP contribution >= 0.6 is 0 Å². The average molecular weight is 415 g/mol. The molecule has 0 atom stereocenters. The first-order valence-electron chi connectivity index (χ1n) is 9.89. The fourth-order valence-corrected chi connectivity index (χ4v) is 5.54. The molecule has 9 heteroatoms. The number of hydrogen-bond donors (Lipinski definition) is 2. The summed E-state index contributed by atoms with van der Waals surface area (Å²) in [6, 6.07) is 6.02. The van der Waals surface area contributed by atoms with Crippen molar-refractivity contribution in [2.45, 2.75) is 38.3 Å². The maximum Gasteiger partial charge on any atom is 0.212 e. The van der Waals surface area contributed by atoms with E-state index < -0.39 is 10.0 Å². The van der Waals surface area contributed by atoms with Crippen molar-refractivity contribution >= 4 is 26.9 Å². The Hall–Kier alpha value is -2.52. The lowest BCUT2D eigenvalue weighted by atomic mass is 9.86. The molecule has 4 rings (SSSR count). The topological polar surface area (TPSA) is 104 Å². The molecule has 0 aliphatic heterocycles. The molecule has 1 fully saturated rings. The van der Waals surface area contributed by atoms with Crippen LogP contribution in [0, 0.1) is 5.92 Å². The molecule has 0 aromatic carbocycles. The smallest absolute Gasteiger partial charge is 0.212 e. The molecule has 1 aliphatic rings. The maximum atomic E-state index is 12.5. The van der Waals surface area contributed by atoms with Crippen molar-refractivity contribution in [2.24, 2.45) is 5.92 Å². The second kappa shape index (κ2) is 8.46. The van der Waals surface area contributed by atoms with Crippen LogP contribution < -0.4 is 9.62 Å². The molecular formula is C20H26N6O2S. The summed E-state index contributed by atoms with van der Waals surface area (Å²) in [6.45, 7) is 0.286. The third-order valence-electron chi connectivity index (χ3n) is 5.71. The van der Waals surface area contributed by atoms with Crippen LogP contribution in [0.3, 0.4) is 0 Å². The van der Waals surface area contributed by atoms with Crippen molar-refractivity contribution in [3.05, 3.63) is 48.7 Å². The van der Waals surface area contributed by atoms with E-state index in [0.29, 0.717) is 6.04 Å². The van der Waals surface area contributed by atoms with Gasteiger partial charge in [-0.25, -0.2) is 23.1 Å². The second-order valence-electron chi connectivity index (χ2n) is 7.69. The van der Waals surface area contributed by atoms with Crippen LogP contribution in [0.25, 0.3) is 11.0 Å². The highest BCUT2D eigenvalue weighted by Crippen LogP contribution is 2.31. The average Bonchev–Trinajstić information content (AvgIpc) is 3.22. The number of aromatic amines is 1. The Morgan fingerprint density at radius 2 is 2.03 bits per heavy atom. The van der Waals surface area contributed by atoms with Gasteiger partial charge in [0.1, 0.15) is 17.8 Å². The van der Waals surface area contributed by atoms with Gasteiger partial charge in [0.15, 0.2) is 0 Å². The standard InChI is InChI=1S/C20H26N6O2S/c1-26(20-18-8-10-22-19(18)23-14-24-20)17-6-4-15(5-7-17)13-29(27,28)25-12-16-3-2-9-21-11-16/h2-3,8-11,14-15,17,25H,4-7,12-13H2,1H3,(H,22,23,24)/t15-,17-. The Morgan fingerprint density at radius 1 is 1.21 bits per heavy atom. The molecule has 0 saturated heterocycles. The highest BCUT2D eigenvalue weighted by Gasteiger charge is 2.28. The number of anilines is 1. The van der Waals surface area contributed by atoms with Crippen LogP contribution in [-0.4, -0.2) is 47.2 Å². The van der Waals surface area contributed by atoms with E-state index in [4.69, 9.17) is 0 Å². The van der Waals surface area contributed by atoms with E-state index in [1.165, 1.54) is 0 Å². The van der Waals surface area contributed by atoms with Crippen molar-refractivity contribution in [1.82, 2.24) is 24.7 Å². The second-order valence-corrected chi connectivity index (χ2v) is 9.54. The van der Waals surface area contributed by atoms with Crippen LogP contribution in [0.15, 0.2) is 43.1 Å². The first kappa shape index (κ1) is 19.8. The van der Waals surface area contributed by atoms with E-state index in [-0.39, 0.29) is 18.2 Å². The van der Waals surface area contributed by atoms with Gasteiger partial charge in [0.25, 0.3) is 0 Å². The van der Waals surface area contributed by atoms with Crippen molar-refractivity contribution in [3.63, 3.8) is 0 Å². The van der Waals surface area contributed by atoms with E-state index >= 15 is 0 Å². The Balaban J connectivity index is 1.31. The number of fused-ring (bicyclic) bond motifs is 1. The summed E-state index contributed by atoms with van der Waals surface area (Å²) in [7, 11) is -1.25. The number of sulfonamides is 1. The lowest BCUT2D eigenvalue weighted by Crippen LogP contribution is -2.38. The van der Waals surface area contributed by atoms with Gasteiger partial charge in [0, 0.05) is 38.2 Å². The third-order valence-corrected chi connectivity index (χ3v) is 7.20. The van der Waals surface area contributed by atoms with Crippen molar-refractivity contribution in [1.29, 1.82) is 0 Å². The molecule has 0 bridgehead atoms. The summed E-state index contributed by atoms with van der Waals surface area (Å²) in [6.07, 6.45) is 10.5. The Labute approximate surface area is 170 Å². The normalized spacial score (nSPS) is 20.0. The number of rotatable bonds is 7. The number of pyridine rings is 1. The first-order valence-corrected chi connectivity index (χ1v) is 11.5. The zero-order valence-corrected chi connectivity index (χ0v) is 17.3. The molecule has 154 valence electrons. The zero-order valence-electron chi connectivity index (χ0n) is 16.5. The first-order chi connectivity index (χ1) is 14.0. The largest absolute Gasteiger partial charge is 0.356 e. The van der Waals surface area contributed by atoms with Crippen LogP contribution in [0.5, 0.6) is 0 Å². The molecule has 0 unspecified atom stereocenters. The van der Waals surface area contributed by atoms with E-state index in [9.17, 15) is 8.42 Å². The van der Waals surface area contributed by atoms with Gasteiger partial charge >= 0.3 is 0 Å². The quantitative estimate of drug-likeness (QED) is 0.615. The number of nitrogens with one attached hydrogen (secondary N) is 2. The molecule has 8 nitrogen and oxygen atoms in total. The summed E-state index contributed by atoms with van der Waals surface area (Å²) in [4.78, 5) is 18.1. The summed E-state index contributed by atoms with van der Waals surface area (Å²) in [5.41, 5.74) is 1.70. The fourth-order valence-electron chi connectivity index (χ4n) is 4.08. The van der Waals surface area contributed by atoms with E-state index in [1.54, 1.807) is 24.8 Å². The van der Waals surface area contributed by atoms with Gasteiger partial charge in [-0.1, -0.05) is 6.07 Å². The highest BCUT2D eigenvalue weighted by atomic mass is 32.2. The molecular weight excluding hydrogens is 388 g/mol. The predicted octanol–water partition coefficient (Wildman–Crippen LogP) is 2.47. The lowest BCUT2D eigenvalue weighted by Gasteiger charge is -2.35. The van der Waals surface area contributed by atoms with Gasteiger partial charge in [-0.2, -0.15) is 0 Å². The van der Waals surface area contributed by atoms with Crippen LogP contribution in [0.4, 0.5) is 5.82 Å². The Morgan fingerprint density at radius 3 is 2.79 bits per heavy atom. The van der Waals surface area contributed by atoms with Crippen molar-refractivity contribution in [3.8, 4) is 0 Å². The third kappa shape index (κ3) is 4.73. The van der Waals surface area contributed by atoms with Gasteiger partial charge in [-0.15, -0.1) is 0 Å². The Kier molecular flexibility index (Phi) is 5.77. The van der Waals surface area contributed by atoms with Gasteiger partial charge < -0.3 is 9.88 Å². The molecule has 1 saturated carbocycles. The molecule has 0 radical (unpaired) electrons. The molecule has 2 N–H and O–H groups in total. The van der Waals surface area contributed by atoms with Crippen molar-refractivity contribution in [2.75, 3.05) is 17.7 Å². The molecule has 3 aromatic heterocycles. The molecule has 0 spiro atoms. The number of nitrogens with zero attached hydrogens (tertiary/aromatic N) is 4. The monoisotopic (exact) mass is 414 g/mol. The van der Waals surface area contributed by atoms with Gasteiger partial charge in [0.2, 0.25) is 10.0 Å². The van der Waals surface area contributed by atoms with Gasteiger partial charge in [0.05, 0.1) is 11.1 Å². The fraction of sp³-hybridized carbons (Fsp3) is 0.450. The van der Waals surface area contributed by atoms with Crippen LogP contribution in [0.2, 0.25) is 0 Å². The minimum Gasteiger partial charge on any atom is -0.356 e. The summed E-state index contributed by atoms with van der Waals surface area (Å²) in [5, 5.41) is 1.01. The van der Waals surface area contributed by atoms with E-state index in [2.05, 4.69) is 36.6 Å². The minimum absolute atomic E-state index is 0.180. The van der Waals surface area contributed by atoms with Gasteiger partial charge in [-0.05, 0) is 49.3 Å². The molecule has 3 aromatic rings.